The van der Waals surface area contributed by atoms with Gasteiger partial charge in [-0.25, -0.2) is 0 Å². The second-order valence-electron chi connectivity index (χ2n) is 4.15. The summed E-state index contributed by atoms with van der Waals surface area (Å²) in [4.78, 5) is 0. The van der Waals surface area contributed by atoms with Crippen LogP contribution in [0.15, 0.2) is 48.7 Å². The van der Waals surface area contributed by atoms with Gasteiger partial charge in [-0.15, -0.1) is 0 Å². The quantitative estimate of drug-likeness (QED) is 0.584. The number of hydrogen-bond acceptors (Lipinski definition) is 0. The van der Waals surface area contributed by atoms with Gasteiger partial charge in [0.1, 0.15) is 0 Å². The van der Waals surface area contributed by atoms with Crippen molar-refractivity contribution in [1.82, 2.24) is 9.13 Å². The summed E-state index contributed by atoms with van der Waals surface area (Å²) in [6.07, 6.45) is 2.08. The van der Waals surface area contributed by atoms with Crippen LogP contribution in [0.25, 0.3) is 22.3 Å². The lowest BCUT2D eigenvalue weighted by Crippen LogP contribution is -1.95. The van der Waals surface area contributed by atoms with Gasteiger partial charge in [0.25, 0.3) is 0 Å². The Hall–Kier alpha value is -1.96. The van der Waals surface area contributed by atoms with Crippen LogP contribution in [0.3, 0.4) is 0 Å². The van der Waals surface area contributed by atoms with Crippen molar-refractivity contribution in [3.8, 4) is 11.4 Å². The van der Waals surface area contributed by atoms with Crippen LogP contribution in [-0.4, -0.2) is 9.13 Å². The van der Waals surface area contributed by atoms with Crippen LogP contribution in [0.1, 0.15) is 0 Å². The third-order valence-electron chi connectivity index (χ3n) is 3.16. The van der Waals surface area contributed by atoms with Crippen molar-refractivity contribution in [2.75, 3.05) is 0 Å². The van der Waals surface area contributed by atoms with Crippen LogP contribution >= 0.6 is 0 Å². The van der Waals surface area contributed by atoms with Gasteiger partial charge in [0.15, 0.2) is 0 Å². The molecule has 0 aliphatic carbocycles. The van der Waals surface area contributed by atoms with E-state index in [2.05, 4.69) is 71.9 Å². The molecule has 0 amide bonds. The fourth-order valence-electron chi connectivity index (χ4n) is 2.26. The van der Waals surface area contributed by atoms with Crippen molar-refractivity contribution in [1.29, 1.82) is 0 Å². The van der Waals surface area contributed by atoms with E-state index in [1.165, 1.54) is 22.3 Å². The zero-order chi connectivity index (χ0) is 11.1. The SMILES string of the molecule is Cn1cccc1-c1cc2ccccc2n1C. The summed E-state index contributed by atoms with van der Waals surface area (Å²) in [6, 6.07) is 14.9. The van der Waals surface area contributed by atoms with E-state index in [-0.39, 0.29) is 0 Å². The van der Waals surface area contributed by atoms with E-state index in [0.29, 0.717) is 0 Å². The molecule has 0 aliphatic rings. The Morgan fingerprint density at radius 1 is 0.875 bits per heavy atom. The third-order valence-corrected chi connectivity index (χ3v) is 3.16. The zero-order valence-corrected chi connectivity index (χ0v) is 9.51. The van der Waals surface area contributed by atoms with Crippen LogP contribution in [0.5, 0.6) is 0 Å². The van der Waals surface area contributed by atoms with Gasteiger partial charge < -0.3 is 9.13 Å². The van der Waals surface area contributed by atoms with Crippen molar-refractivity contribution in [2.45, 2.75) is 0 Å². The highest BCUT2D eigenvalue weighted by molar-refractivity contribution is 5.86. The number of aromatic nitrogens is 2. The first-order valence-corrected chi connectivity index (χ1v) is 5.43. The molecule has 2 heterocycles. The Labute approximate surface area is 94.7 Å². The highest BCUT2D eigenvalue weighted by Crippen LogP contribution is 2.26. The zero-order valence-electron chi connectivity index (χ0n) is 9.51. The van der Waals surface area contributed by atoms with E-state index >= 15 is 0 Å². The number of nitrogens with zero attached hydrogens (tertiary/aromatic N) is 2. The first-order chi connectivity index (χ1) is 7.77. The number of hydrogen-bond donors (Lipinski definition) is 0. The van der Waals surface area contributed by atoms with E-state index in [4.69, 9.17) is 0 Å². The predicted molar refractivity (Wildman–Crippen MR) is 67.3 cm³/mol. The predicted octanol–water partition coefficient (Wildman–Crippen LogP) is 3.18. The molecule has 2 nitrogen and oxygen atoms in total. The number of para-hydroxylation sites is 1. The van der Waals surface area contributed by atoms with Gasteiger partial charge in [-0.1, -0.05) is 18.2 Å². The minimum atomic E-state index is 1.25. The van der Waals surface area contributed by atoms with Gasteiger partial charge in [0.05, 0.1) is 11.4 Å². The van der Waals surface area contributed by atoms with E-state index in [1.807, 2.05) is 0 Å². The fraction of sp³-hybridized carbons (Fsp3) is 0.143. The Kier molecular flexibility index (Phi) is 1.90. The normalized spacial score (nSPS) is 11.1. The van der Waals surface area contributed by atoms with Gasteiger partial charge in [-0.3, -0.25) is 0 Å². The van der Waals surface area contributed by atoms with Gasteiger partial charge in [0.2, 0.25) is 0 Å². The molecule has 0 saturated carbocycles. The van der Waals surface area contributed by atoms with Crippen molar-refractivity contribution >= 4 is 10.9 Å². The van der Waals surface area contributed by atoms with Crippen molar-refractivity contribution in [3.05, 3.63) is 48.7 Å². The smallest absolute Gasteiger partial charge is 0.0656 e. The second-order valence-corrected chi connectivity index (χ2v) is 4.15. The molecule has 0 unspecified atom stereocenters. The first-order valence-electron chi connectivity index (χ1n) is 5.43. The number of fused-ring (bicyclic) bond motifs is 1. The van der Waals surface area contributed by atoms with Crippen LogP contribution in [-0.2, 0) is 14.1 Å². The average molecular weight is 210 g/mol. The molecule has 0 N–H and O–H groups in total. The monoisotopic (exact) mass is 210 g/mol. The number of benzene rings is 1. The van der Waals surface area contributed by atoms with E-state index < -0.39 is 0 Å². The maximum absolute atomic E-state index is 2.24. The Morgan fingerprint density at radius 3 is 2.38 bits per heavy atom. The molecule has 16 heavy (non-hydrogen) atoms. The summed E-state index contributed by atoms with van der Waals surface area (Å²) >= 11 is 0. The molecule has 1 aromatic carbocycles. The molecule has 0 spiro atoms. The van der Waals surface area contributed by atoms with Crippen LogP contribution in [0.2, 0.25) is 0 Å². The lowest BCUT2D eigenvalue weighted by molar-refractivity contribution is 0.901. The van der Waals surface area contributed by atoms with E-state index in [1.54, 1.807) is 0 Å². The standard InChI is InChI=1S/C14H14N2/c1-15-9-5-8-13(15)14-10-11-6-3-4-7-12(11)16(14)2/h3-10H,1-2H3. The van der Waals surface area contributed by atoms with Crippen molar-refractivity contribution in [2.24, 2.45) is 14.1 Å². The molecular weight excluding hydrogens is 196 g/mol. The summed E-state index contributed by atoms with van der Waals surface area (Å²) < 4.78 is 4.39. The van der Waals surface area contributed by atoms with Crippen LogP contribution in [0.4, 0.5) is 0 Å². The first kappa shape index (κ1) is 9.28. The maximum Gasteiger partial charge on any atom is 0.0656 e. The minimum absolute atomic E-state index is 1.25. The summed E-state index contributed by atoms with van der Waals surface area (Å²) in [7, 11) is 4.19. The van der Waals surface area contributed by atoms with Crippen molar-refractivity contribution < 1.29 is 0 Å². The van der Waals surface area contributed by atoms with E-state index in [9.17, 15) is 0 Å². The number of aryl methyl sites for hydroxylation is 2. The summed E-state index contributed by atoms with van der Waals surface area (Å²) in [5, 5.41) is 1.29. The molecule has 0 fully saturated rings. The molecule has 3 rings (SSSR count). The lowest BCUT2D eigenvalue weighted by atomic mass is 10.2. The fourth-order valence-corrected chi connectivity index (χ4v) is 2.26. The molecule has 0 atom stereocenters. The van der Waals surface area contributed by atoms with E-state index in [0.717, 1.165) is 0 Å². The van der Waals surface area contributed by atoms with Gasteiger partial charge in [-0.05, 0) is 24.3 Å². The molecule has 80 valence electrons. The third kappa shape index (κ3) is 1.20. The molecule has 2 heteroatoms. The average Bonchev–Trinajstić information content (AvgIpc) is 2.84. The molecule has 0 aliphatic heterocycles. The molecular formula is C14H14N2. The van der Waals surface area contributed by atoms with Gasteiger partial charge in [-0.2, -0.15) is 0 Å². The van der Waals surface area contributed by atoms with Gasteiger partial charge >= 0.3 is 0 Å². The highest BCUT2D eigenvalue weighted by atomic mass is 15.0. The minimum Gasteiger partial charge on any atom is -0.349 e. The van der Waals surface area contributed by atoms with Gasteiger partial charge in [0, 0.05) is 31.2 Å². The highest BCUT2D eigenvalue weighted by Gasteiger charge is 2.08. The Bertz CT molecular complexity index is 644. The summed E-state index contributed by atoms with van der Waals surface area (Å²) in [5.41, 5.74) is 3.78. The van der Waals surface area contributed by atoms with Crippen LogP contribution < -0.4 is 0 Å². The maximum atomic E-state index is 2.24. The molecule has 0 bridgehead atoms. The number of rotatable bonds is 1. The summed E-state index contributed by atoms with van der Waals surface area (Å²) in [5.74, 6) is 0. The second kappa shape index (κ2) is 3.27. The topological polar surface area (TPSA) is 9.86 Å². The molecule has 2 aromatic heterocycles. The molecule has 3 aromatic rings. The molecule has 0 saturated heterocycles. The van der Waals surface area contributed by atoms with Crippen molar-refractivity contribution in [3.63, 3.8) is 0 Å². The largest absolute Gasteiger partial charge is 0.349 e. The molecule has 0 radical (unpaired) electrons. The Balaban J connectivity index is 2.33. The van der Waals surface area contributed by atoms with Crippen LogP contribution in [0, 0.1) is 0 Å². The Morgan fingerprint density at radius 2 is 1.69 bits per heavy atom. The lowest BCUT2D eigenvalue weighted by Gasteiger charge is -2.05. The summed E-state index contributed by atoms with van der Waals surface area (Å²) in [6.45, 7) is 0.